The quantitative estimate of drug-likeness (QED) is 0.401. The highest BCUT2D eigenvalue weighted by Crippen LogP contribution is 2.33. The number of furan rings is 1. The van der Waals surface area contributed by atoms with Gasteiger partial charge in [0.05, 0.1) is 23.0 Å². The lowest BCUT2D eigenvalue weighted by Crippen LogP contribution is -2.28. The number of hydrogen-bond acceptors (Lipinski definition) is 5. The Morgan fingerprint density at radius 1 is 1.26 bits per heavy atom. The Morgan fingerprint density at radius 3 is 2.89 bits per heavy atom. The van der Waals surface area contributed by atoms with Gasteiger partial charge in [0, 0.05) is 11.0 Å². The van der Waals surface area contributed by atoms with Crippen molar-refractivity contribution in [1.82, 2.24) is 4.98 Å². The molecule has 0 spiro atoms. The van der Waals surface area contributed by atoms with Crippen molar-refractivity contribution in [3.63, 3.8) is 0 Å². The second-order valence-corrected chi connectivity index (χ2v) is 8.24. The number of aryl methyl sites for hydroxylation is 2. The number of aromatic nitrogens is 1. The van der Waals surface area contributed by atoms with Gasteiger partial charge in [-0.3, -0.25) is 9.69 Å². The first kappa shape index (κ1) is 17.7. The van der Waals surface area contributed by atoms with Gasteiger partial charge < -0.3 is 4.42 Å². The molecule has 4 rings (SSSR count). The maximum atomic E-state index is 13.0. The maximum Gasteiger partial charge on any atom is 0.253 e. The molecule has 1 amide bonds. The van der Waals surface area contributed by atoms with Crippen LogP contribution in [0.25, 0.3) is 16.3 Å². The standard InChI is InChI=1S/C21H18N2O2S2/c1-14-11-15(2)20-18(12-14)22-21(27-20)23(13-16-5-3-9-25-16)19(24)8-7-17-6-4-10-26-17/h3-12H,13H2,1-2H3/b8-7+. The molecule has 0 unspecified atom stereocenters. The Balaban J connectivity index is 1.71. The van der Waals surface area contributed by atoms with Crippen molar-refractivity contribution in [2.24, 2.45) is 0 Å². The number of benzene rings is 1. The molecule has 136 valence electrons. The summed E-state index contributed by atoms with van der Waals surface area (Å²) < 4.78 is 6.57. The normalized spacial score (nSPS) is 11.5. The van der Waals surface area contributed by atoms with Crippen LogP contribution in [0.4, 0.5) is 5.13 Å². The molecule has 0 saturated carbocycles. The zero-order valence-electron chi connectivity index (χ0n) is 15.0. The molecule has 0 aliphatic carbocycles. The van der Waals surface area contributed by atoms with E-state index in [2.05, 4.69) is 26.0 Å². The second-order valence-electron chi connectivity index (χ2n) is 6.28. The molecule has 0 aliphatic heterocycles. The molecule has 1 aromatic carbocycles. The highest BCUT2D eigenvalue weighted by atomic mass is 32.1. The van der Waals surface area contributed by atoms with Crippen molar-refractivity contribution in [3.8, 4) is 0 Å². The number of thiazole rings is 1. The van der Waals surface area contributed by atoms with Crippen molar-refractivity contribution in [3.05, 3.63) is 75.9 Å². The van der Waals surface area contributed by atoms with Gasteiger partial charge in [0.2, 0.25) is 0 Å². The number of thiophene rings is 1. The van der Waals surface area contributed by atoms with Gasteiger partial charge in [-0.1, -0.05) is 23.5 Å². The largest absolute Gasteiger partial charge is 0.467 e. The number of carbonyl (C=O) groups is 1. The van der Waals surface area contributed by atoms with Gasteiger partial charge in [-0.15, -0.1) is 11.3 Å². The first-order valence-electron chi connectivity index (χ1n) is 8.53. The lowest BCUT2D eigenvalue weighted by molar-refractivity contribution is -0.114. The van der Waals surface area contributed by atoms with Gasteiger partial charge in [0.1, 0.15) is 5.76 Å². The van der Waals surface area contributed by atoms with Crippen LogP contribution in [0.2, 0.25) is 0 Å². The summed E-state index contributed by atoms with van der Waals surface area (Å²) in [6.45, 7) is 4.48. The Bertz CT molecular complexity index is 1090. The molecule has 6 heteroatoms. The summed E-state index contributed by atoms with van der Waals surface area (Å²) in [5.74, 6) is 0.605. The van der Waals surface area contributed by atoms with Crippen LogP contribution in [0.15, 0.2) is 58.5 Å². The van der Waals surface area contributed by atoms with E-state index in [4.69, 9.17) is 9.40 Å². The summed E-state index contributed by atoms with van der Waals surface area (Å²) in [4.78, 5) is 20.4. The minimum Gasteiger partial charge on any atom is -0.467 e. The highest BCUT2D eigenvalue weighted by molar-refractivity contribution is 7.22. The first-order valence-corrected chi connectivity index (χ1v) is 10.2. The first-order chi connectivity index (χ1) is 13.1. The number of fused-ring (bicyclic) bond motifs is 1. The molecule has 4 nitrogen and oxygen atoms in total. The van der Waals surface area contributed by atoms with Crippen LogP contribution in [0, 0.1) is 13.8 Å². The van der Waals surface area contributed by atoms with E-state index in [1.165, 1.54) is 22.5 Å². The summed E-state index contributed by atoms with van der Waals surface area (Å²) in [7, 11) is 0. The van der Waals surface area contributed by atoms with Crippen LogP contribution >= 0.6 is 22.7 Å². The average molecular weight is 395 g/mol. The van der Waals surface area contributed by atoms with Gasteiger partial charge in [0.25, 0.3) is 5.91 Å². The van der Waals surface area contributed by atoms with E-state index in [0.29, 0.717) is 11.7 Å². The van der Waals surface area contributed by atoms with Crippen molar-refractivity contribution in [2.75, 3.05) is 4.90 Å². The maximum absolute atomic E-state index is 13.0. The summed E-state index contributed by atoms with van der Waals surface area (Å²) in [5, 5.41) is 2.67. The fourth-order valence-electron chi connectivity index (χ4n) is 2.91. The van der Waals surface area contributed by atoms with Crippen molar-refractivity contribution >= 4 is 50.0 Å². The van der Waals surface area contributed by atoms with Gasteiger partial charge >= 0.3 is 0 Å². The molecule has 0 fully saturated rings. The zero-order valence-corrected chi connectivity index (χ0v) is 16.6. The van der Waals surface area contributed by atoms with Crippen LogP contribution in [-0.4, -0.2) is 10.9 Å². The van der Waals surface area contributed by atoms with Gasteiger partial charge in [-0.2, -0.15) is 0 Å². The Morgan fingerprint density at radius 2 is 2.15 bits per heavy atom. The summed E-state index contributed by atoms with van der Waals surface area (Å²) >= 11 is 3.13. The van der Waals surface area contributed by atoms with Gasteiger partial charge in [-0.25, -0.2) is 4.98 Å². The van der Waals surface area contributed by atoms with Crippen LogP contribution < -0.4 is 4.90 Å². The summed E-state index contributed by atoms with van der Waals surface area (Å²) in [5.41, 5.74) is 3.26. The van der Waals surface area contributed by atoms with E-state index in [1.807, 2.05) is 35.7 Å². The van der Waals surface area contributed by atoms with E-state index in [1.54, 1.807) is 28.6 Å². The lowest BCUT2D eigenvalue weighted by atomic mass is 10.1. The molecule has 3 aromatic heterocycles. The molecule has 27 heavy (non-hydrogen) atoms. The van der Waals surface area contributed by atoms with E-state index in [0.717, 1.165) is 20.9 Å². The molecule has 0 aliphatic rings. The molecule has 0 bridgehead atoms. The Labute approximate surface area is 165 Å². The lowest BCUT2D eigenvalue weighted by Gasteiger charge is -2.16. The smallest absolute Gasteiger partial charge is 0.253 e. The summed E-state index contributed by atoms with van der Waals surface area (Å²) in [6, 6.07) is 11.8. The topological polar surface area (TPSA) is 46.3 Å². The van der Waals surface area contributed by atoms with Crippen molar-refractivity contribution in [1.29, 1.82) is 0 Å². The van der Waals surface area contributed by atoms with Crippen molar-refractivity contribution in [2.45, 2.75) is 20.4 Å². The molecule has 3 heterocycles. The number of carbonyl (C=O) groups excluding carboxylic acids is 1. The van der Waals surface area contributed by atoms with Crippen LogP contribution in [0.5, 0.6) is 0 Å². The molecule has 0 saturated heterocycles. The SMILES string of the molecule is Cc1cc(C)c2sc(N(Cc3ccco3)C(=O)/C=C/c3cccs3)nc2c1. The molecule has 0 radical (unpaired) electrons. The van der Waals surface area contributed by atoms with E-state index < -0.39 is 0 Å². The number of rotatable bonds is 5. The second kappa shape index (κ2) is 7.50. The fraction of sp³-hybridized carbons (Fsp3) is 0.143. The third-order valence-electron chi connectivity index (χ3n) is 4.13. The minimum absolute atomic E-state index is 0.117. The summed E-state index contributed by atoms with van der Waals surface area (Å²) in [6.07, 6.45) is 5.05. The Kier molecular flexibility index (Phi) is 4.92. The predicted molar refractivity (Wildman–Crippen MR) is 112 cm³/mol. The number of amides is 1. The van der Waals surface area contributed by atoms with Crippen LogP contribution in [0.3, 0.4) is 0 Å². The third-order valence-corrected chi connectivity index (χ3v) is 6.20. The van der Waals surface area contributed by atoms with E-state index in [9.17, 15) is 4.79 Å². The predicted octanol–water partition coefficient (Wildman–Crippen LogP) is 5.81. The highest BCUT2D eigenvalue weighted by Gasteiger charge is 2.20. The Hall–Kier alpha value is -2.70. The van der Waals surface area contributed by atoms with E-state index >= 15 is 0 Å². The third kappa shape index (κ3) is 3.86. The zero-order chi connectivity index (χ0) is 18.8. The molecular formula is C21H18N2O2S2. The number of nitrogens with zero attached hydrogens (tertiary/aromatic N) is 2. The molecular weight excluding hydrogens is 376 g/mol. The van der Waals surface area contributed by atoms with Crippen LogP contribution in [-0.2, 0) is 11.3 Å². The van der Waals surface area contributed by atoms with Gasteiger partial charge in [0.15, 0.2) is 5.13 Å². The minimum atomic E-state index is -0.117. The van der Waals surface area contributed by atoms with E-state index in [-0.39, 0.29) is 5.91 Å². The average Bonchev–Trinajstić information content (AvgIpc) is 3.38. The fourth-order valence-corrected chi connectivity index (χ4v) is 4.55. The van der Waals surface area contributed by atoms with Gasteiger partial charge in [-0.05, 0) is 60.7 Å². The molecule has 0 N–H and O–H groups in total. The molecule has 0 atom stereocenters. The number of hydrogen-bond donors (Lipinski definition) is 0. The number of anilines is 1. The van der Waals surface area contributed by atoms with Crippen LogP contribution in [0.1, 0.15) is 21.8 Å². The monoisotopic (exact) mass is 394 g/mol. The van der Waals surface area contributed by atoms with Crippen molar-refractivity contribution < 1.29 is 9.21 Å². The molecule has 4 aromatic rings.